The third kappa shape index (κ3) is 4.37. The Labute approximate surface area is 134 Å². The fraction of sp³-hybridized carbons (Fsp3) is 0.133. The van der Waals surface area contributed by atoms with Crippen molar-refractivity contribution in [3.63, 3.8) is 0 Å². The van der Waals surface area contributed by atoms with Crippen molar-refractivity contribution < 1.29 is 23.1 Å². The van der Waals surface area contributed by atoms with Crippen molar-refractivity contribution in [2.45, 2.75) is 12.5 Å². The molecule has 0 aliphatic carbocycles. The van der Waals surface area contributed by atoms with Crippen LogP contribution in [0.1, 0.15) is 18.1 Å². The molecule has 0 aliphatic rings. The third-order valence-electron chi connectivity index (χ3n) is 3.01. The molecule has 0 aliphatic heterocycles. The molecule has 0 spiro atoms. The van der Waals surface area contributed by atoms with Gasteiger partial charge in [0.1, 0.15) is 0 Å². The average Bonchev–Trinajstić information content (AvgIpc) is 2.52. The number of carbonyl (C=O) groups excluding carboxylic acids is 1. The third-order valence-corrected chi connectivity index (χ3v) is 3.26. The highest BCUT2D eigenvalue weighted by Gasteiger charge is 2.16. The summed E-state index contributed by atoms with van der Waals surface area (Å²) >= 11 is 5.71. The van der Waals surface area contributed by atoms with E-state index in [0.717, 1.165) is 12.1 Å². The number of aliphatic hydroxyl groups excluding tert-OH is 1. The van der Waals surface area contributed by atoms with Gasteiger partial charge in [-0.15, -0.1) is 0 Å². The lowest BCUT2D eigenvalue weighted by molar-refractivity contribution is -0.122. The van der Waals surface area contributed by atoms with E-state index in [1.54, 1.807) is 24.3 Å². The van der Waals surface area contributed by atoms with Crippen LogP contribution in [0.4, 0.5) is 18.9 Å². The Kier molecular flexibility index (Phi) is 5.46. The van der Waals surface area contributed by atoms with Crippen molar-refractivity contribution in [3.05, 3.63) is 64.4 Å². The number of aliphatic hydroxyl groups is 1. The van der Waals surface area contributed by atoms with Crippen molar-refractivity contribution >= 4 is 23.2 Å². The molecule has 1 unspecified atom stereocenters. The highest BCUT2D eigenvalue weighted by molar-refractivity contribution is 6.30. The van der Waals surface area contributed by atoms with Gasteiger partial charge in [-0.25, -0.2) is 13.2 Å². The van der Waals surface area contributed by atoms with E-state index in [9.17, 15) is 23.1 Å². The first kappa shape index (κ1) is 17.1. The van der Waals surface area contributed by atoms with Gasteiger partial charge >= 0.3 is 0 Å². The lowest BCUT2D eigenvalue weighted by Gasteiger charge is -2.13. The second-order valence-corrected chi connectivity index (χ2v) is 5.10. The second-order valence-electron chi connectivity index (χ2n) is 4.67. The minimum Gasteiger partial charge on any atom is -0.388 e. The zero-order chi connectivity index (χ0) is 17.0. The van der Waals surface area contributed by atoms with Crippen LogP contribution in [0.15, 0.2) is 36.4 Å². The average molecular weight is 345 g/mol. The Balaban J connectivity index is 1.92. The summed E-state index contributed by atoms with van der Waals surface area (Å²) in [7, 11) is 0. The highest BCUT2D eigenvalue weighted by Crippen LogP contribution is 2.20. The minimum atomic E-state index is -1.65. The molecule has 1 amide bonds. The molecule has 0 saturated heterocycles. The minimum absolute atomic E-state index is 0.320. The van der Waals surface area contributed by atoms with E-state index in [2.05, 4.69) is 10.9 Å². The van der Waals surface area contributed by atoms with Crippen LogP contribution in [0, 0.1) is 17.5 Å². The van der Waals surface area contributed by atoms with E-state index in [-0.39, 0.29) is 6.42 Å². The molecule has 0 aromatic heterocycles. The Morgan fingerprint density at radius 1 is 1.09 bits per heavy atom. The molecule has 3 N–H and O–H groups in total. The van der Waals surface area contributed by atoms with Gasteiger partial charge < -0.3 is 5.11 Å². The number of benzene rings is 2. The summed E-state index contributed by atoms with van der Waals surface area (Å²) in [5.41, 5.74) is 4.27. The summed E-state index contributed by atoms with van der Waals surface area (Å²) in [6.07, 6.45) is -1.41. The first-order valence-electron chi connectivity index (χ1n) is 6.50. The van der Waals surface area contributed by atoms with Crippen LogP contribution in [0.5, 0.6) is 0 Å². The summed E-state index contributed by atoms with van der Waals surface area (Å²) in [6, 6.07) is 7.89. The van der Waals surface area contributed by atoms with Crippen molar-refractivity contribution in [1.29, 1.82) is 0 Å². The van der Waals surface area contributed by atoms with Gasteiger partial charge in [-0.2, -0.15) is 0 Å². The fourth-order valence-electron chi connectivity index (χ4n) is 1.79. The van der Waals surface area contributed by atoms with Gasteiger partial charge in [0, 0.05) is 5.02 Å². The first-order chi connectivity index (χ1) is 10.9. The number of anilines is 1. The van der Waals surface area contributed by atoms with E-state index in [1.165, 1.54) is 0 Å². The monoisotopic (exact) mass is 344 g/mol. The van der Waals surface area contributed by atoms with Gasteiger partial charge in [0.25, 0.3) is 0 Å². The first-order valence-corrected chi connectivity index (χ1v) is 6.88. The SMILES string of the molecule is O=C(CC(O)c1ccc(Cl)cc1)NNc1ccc(F)c(F)c1F. The summed E-state index contributed by atoms with van der Waals surface area (Å²) in [6.45, 7) is 0. The summed E-state index contributed by atoms with van der Waals surface area (Å²) in [4.78, 5) is 11.7. The predicted octanol–water partition coefficient (Wildman–Crippen LogP) is 3.32. The van der Waals surface area contributed by atoms with E-state index in [4.69, 9.17) is 11.6 Å². The van der Waals surface area contributed by atoms with Crippen molar-refractivity contribution in [3.8, 4) is 0 Å². The molecule has 0 bridgehead atoms. The number of rotatable bonds is 5. The number of nitrogens with one attached hydrogen (secondary N) is 2. The number of hydrazine groups is 1. The molecule has 2 aromatic rings. The van der Waals surface area contributed by atoms with Gasteiger partial charge in [-0.05, 0) is 29.8 Å². The molecule has 8 heteroatoms. The smallest absolute Gasteiger partial charge is 0.241 e. The van der Waals surface area contributed by atoms with Gasteiger partial charge in [-0.1, -0.05) is 23.7 Å². The summed E-state index contributed by atoms with van der Waals surface area (Å²) < 4.78 is 39.2. The van der Waals surface area contributed by atoms with Crippen LogP contribution < -0.4 is 10.9 Å². The van der Waals surface area contributed by atoms with Gasteiger partial charge in [0.05, 0.1) is 18.2 Å². The zero-order valence-electron chi connectivity index (χ0n) is 11.6. The number of carbonyl (C=O) groups is 1. The Morgan fingerprint density at radius 2 is 1.74 bits per heavy atom. The van der Waals surface area contributed by atoms with Gasteiger partial charge in [0.2, 0.25) is 5.91 Å². The molecule has 122 valence electrons. The Morgan fingerprint density at radius 3 is 2.39 bits per heavy atom. The normalized spacial score (nSPS) is 11.9. The van der Waals surface area contributed by atoms with Gasteiger partial charge in [-0.3, -0.25) is 15.6 Å². The number of amides is 1. The number of halogens is 4. The lowest BCUT2D eigenvalue weighted by Crippen LogP contribution is -2.31. The van der Waals surface area contributed by atoms with E-state index < -0.39 is 35.2 Å². The largest absolute Gasteiger partial charge is 0.388 e. The lowest BCUT2D eigenvalue weighted by atomic mass is 10.1. The van der Waals surface area contributed by atoms with E-state index in [1.807, 2.05) is 0 Å². The van der Waals surface area contributed by atoms with Crippen LogP contribution in [-0.2, 0) is 4.79 Å². The molecule has 0 fully saturated rings. The van der Waals surface area contributed by atoms with Crippen molar-refractivity contribution in [1.82, 2.24) is 5.43 Å². The molecule has 0 radical (unpaired) electrons. The maximum absolute atomic E-state index is 13.4. The van der Waals surface area contributed by atoms with Crippen LogP contribution in [-0.4, -0.2) is 11.0 Å². The topological polar surface area (TPSA) is 61.4 Å². The zero-order valence-corrected chi connectivity index (χ0v) is 12.4. The Hall–Kier alpha value is -2.25. The van der Waals surface area contributed by atoms with Crippen LogP contribution in [0.3, 0.4) is 0 Å². The van der Waals surface area contributed by atoms with Crippen molar-refractivity contribution in [2.24, 2.45) is 0 Å². The molecular formula is C15H12ClF3N2O2. The molecule has 1 atom stereocenters. The number of hydrogen-bond acceptors (Lipinski definition) is 3. The maximum atomic E-state index is 13.4. The number of hydrogen-bond donors (Lipinski definition) is 3. The molecule has 4 nitrogen and oxygen atoms in total. The quantitative estimate of drug-likeness (QED) is 0.576. The van der Waals surface area contributed by atoms with Crippen LogP contribution in [0.25, 0.3) is 0 Å². The van der Waals surface area contributed by atoms with E-state index in [0.29, 0.717) is 10.6 Å². The molecule has 0 saturated carbocycles. The maximum Gasteiger partial charge on any atom is 0.241 e. The molecule has 2 rings (SSSR count). The van der Waals surface area contributed by atoms with Crippen LogP contribution >= 0.6 is 11.6 Å². The molecule has 23 heavy (non-hydrogen) atoms. The fourth-order valence-corrected chi connectivity index (χ4v) is 1.91. The Bertz CT molecular complexity index is 711. The highest BCUT2D eigenvalue weighted by atomic mass is 35.5. The molecule has 0 heterocycles. The standard InChI is InChI=1S/C15H12ClF3N2O2/c16-9-3-1-8(2-4-9)12(22)7-13(23)21-20-11-6-5-10(17)14(18)15(11)19/h1-6,12,20,22H,7H2,(H,21,23). The summed E-state index contributed by atoms with van der Waals surface area (Å²) in [5.74, 6) is -5.11. The van der Waals surface area contributed by atoms with Crippen molar-refractivity contribution in [2.75, 3.05) is 5.43 Å². The molecule has 2 aromatic carbocycles. The summed E-state index contributed by atoms with van der Waals surface area (Å²) in [5, 5.41) is 10.4. The second kappa shape index (κ2) is 7.34. The van der Waals surface area contributed by atoms with Crippen LogP contribution in [0.2, 0.25) is 5.02 Å². The molecular weight excluding hydrogens is 333 g/mol. The predicted molar refractivity (Wildman–Crippen MR) is 79.1 cm³/mol. The van der Waals surface area contributed by atoms with Gasteiger partial charge in [0.15, 0.2) is 17.5 Å². The van der Waals surface area contributed by atoms with E-state index >= 15 is 0 Å².